The molecule has 2 heterocycles. The Labute approximate surface area is 249 Å². The van der Waals surface area contributed by atoms with Crippen LogP contribution in [0.1, 0.15) is 52.0 Å². The van der Waals surface area contributed by atoms with Gasteiger partial charge in [-0.15, -0.1) is 11.3 Å². The van der Waals surface area contributed by atoms with Crippen LogP contribution in [-0.4, -0.2) is 22.8 Å². The number of benzene rings is 2. The second-order valence-electron chi connectivity index (χ2n) is 13.0. The first kappa shape index (κ1) is 27.1. The highest BCUT2D eigenvalue weighted by atomic mass is 35.5. The lowest BCUT2D eigenvalue weighted by molar-refractivity contribution is -0.114. The second-order valence-corrected chi connectivity index (χ2v) is 15.5. The van der Waals surface area contributed by atoms with Crippen molar-refractivity contribution in [2.75, 3.05) is 0 Å². The Bertz CT molecular complexity index is 1580. The van der Waals surface area contributed by atoms with Crippen LogP contribution in [0.5, 0.6) is 0 Å². The molecule has 2 fully saturated rings. The minimum atomic E-state index is -0.275. The van der Waals surface area contributed by atoms with Crippen LogP contribution in [0, 0.1) is 16.7 Å². The van der Waals surface area contributed by atoms with Gasteiger partial charge in [-0.25, -0.2) is 0 Å². The van der Waals surface area contributed by atoms with Gasteiger partial charge in [0.05, 0.1) is 22.7 Å². The number of carbonyl (C=O) groups is 1. The smallest absolute Gasteiger partial charge is 0.186 e. The number of fused-ring (bicyclic) bond motifs is 2. The van der Waals surface area contributed by atoms with E-state index in [1.165, 1.54) is 10.6 Å². The largest absolute Gasteiger partial charge is 0.359 e. The molecule has 202 valence electrons. The van der Waals surface area contributed by atoms with Gasteiger partial charge in [0.1, 0.15) is 4.34 Å². The number of allylic oxidation sites excluding steroid dienone is 5. The Morgan fingerprint density at radius 1 is 0.872 bits per heavy atom. The van der Waals surface area contributed by atoms with Gasteiger partial charge in [0, 0.05) is 43.5 Å². The number of rotatable bonds is 4. The van der Waals surface area contributed by atoms with E-state index in [4.69, 9.17) is 34.8 Å². The molecular weight excluding hydrogens is 565 g/mol. The van der Waals surface area contributed by atoms with Crippen LogP contribution in [0.4, 0.5) is 0 Å². The molecule has 1 saturated carbocycles. The fourth-order valence-corrected chi connectivity index (χ4v) is 7.86. The first-order valence-electron chi connectivity index (χ1n) is 13.4. The van der Waals surface area contributed by atoms with Crippen molar-refractivity contribution in [2.45, 2.75) is 60.0 Å². The lowest BCUT2D eigenvalue weighted by atomic mass is 9.71. The maximum absolute atomic E-state index is 13.7. The maximum Gasteiger partial charge on any atom is 0.186 e. The fraction of sp³-hybridized carbons (Fsp3) is 0.364. The Morgan fingerprint density at radius 2 is 1.46 bits per heavy atom. The van der Waals surface area contributed by atoms with E-state index in [2.05, 4.69) is 76.8 Å². The fourth-order valence-electron chi connectivity index (χ4n) is 5.90. The normalized spacial score (nSPS) is 22.6. The van der Waals surface area contributed by atoms with E-state index >= 15 is 0 Å². The van der Waals surface area contributed by atoms with Gasteiger partial charge in [-0.3, -0.25) is 4.79 Å². The quantitative estimate of drug-likeness (QED) is 0.279. The summed E-state index contributed by atoms with van der Waals surface area (Å²) in [5.74, 6) is 0.696. The first-order valence-corrected chi connectivity index (χ1v) is 15.4. The molecular formula is C33H32Cl3NOS. The minimum Gasteiger partial charge on any atom is -0.359 e. The monoisotopic (exact) mass is 595 g/mol. The zero-order valence-corrected chi connectivity index (χ0v) is 26.1. The van der Waals surface area contributed by atoms with Crippen molar-refractivity contribution in [1.29, 1.82) is 0 Å². The molecule has 0 bridgehead atoms. The number of likely N-dealkylation sites (tertiary alicyclic amines) is 1. The van der Waals surface area contributed by atoms with Crippen LogP contribution >= 0.6 is 46.1 Å². The number of hydrogen-bond donors (Lipinski definition) is 0. The van der Waals surface area contributed by atoms with E-state index in [-0.39, 0.29) is 16.6 Å². The van der Waals surface area contributed by atoms with Gasteiger partial charge in [0.2, 0.25) is 0 Å². The molecule has 6 rings (SSSR count). The average Bonchev–Trinajstić information content (AvgIpc) is 3.72. The standard InChI is InChI=1S/C33H32Cl3NOS/c1-32(2,3)23-14-18(15-24(29(23)38)33(4,5)6)26(30-20-9-7-8-10-21(20)31(36)39-30)37-27-22(28(27)37)13-17-11-12-19(34)16-25(17)35/h7-12,14-16,22,27-28H,13H2,1-6H3. The second kappa shape index (κ2) is 9.24. The summed E-state index contributed by atoms with van der Waals surface area (Å²) in [7, 11) is 0. The van der Waals surface area contributed by atoms with Crippen molar-refractivity contribution in [2.24, 2.45) is 16.7 Å². The van der Waals surface area contributed by atoms with Crippen LogP contribution in [-0.2, 0) is 11.2 Å². The van der Waals surface area contributed by atoms with Crippen molar-refractivity contribution in [3.63, 3.8) is 0 Å². The summed E-state index contributed by atoms with van der Waals surface area (Å²) in [5.41, 5.74) is 4.59. The van der Waals surface area contributed by atoms with Crippen LogP contribution in [0.2, 0.25) is 14.4 Å². The third kappa shape index (κ3) is 4.70. The van der Waals surface area contributed by atoms with Gasteiger partial charge in [-0.05, 0) is 47.1 Å². The molecule has 1 aliphatic heterocycles. The van der Waals surface area contributed by atoms with Gasteiger partial charge in [0.25, 0.3) is 0 Å². The van der Waals surface area contributed by atoms with E-state index in [0.29, 0.717) is 23.0 Å². The van der Waals surface area contributed by atoms with E-state index in [0.717, 1.165) is 48.8 Å². The van der Waals surface area contributed by atoms with Crippen LogP contribution in [0.25, 0.3) is 16.5 Å². The number of Topliss-reactive ketones (excluding diaryl/α,β-unsaturated/α-hetero) is 1. The first-order chi connectivity index (χ1) is 18.3. The Morgan fingerprint density at radius 3 is 2.03 bits per heavy atom. The summed E-state index contributed by atoms with van der Waals surface area (Å²) >= 11 is 21.1. The molecule has 2 unspecified atom stereocenters. The summed E-state index contributed by atoms with van der Waals surface area (Å²) in [4.78, 5) is 17.4. The number of ketones is 1. The molecule has 1 saturated heterocycles. The molecule has 2 aromatic carbocycles. The molecule has 2 aliphatic carbocycles. The van der Waals surface area contributed by atoms with Gasteiger partial charge in [0.15, 0.2) is 5.78 Å². The summed E-state index contributed by atoms with van der Waals surface area (Å²) in [5, 5.41) is 3.63. The van der Waals surface area contributed by atoms with Crippen molar-refractivity contribution in [1.82, 2.24) is 4.90 Å². The third-order valence-corrected chi connectivity index (χ3v) is 10.2. The number of thiophene rings is 1. The van der Waals surface area contributed by atoms with E-state index in [1.54, 1.807) is 11.3 Å². The number of carbonyl (C=O) groups excluding carboxylic acids is 1. The zero-order chi connectivity index (χ0) is 28.0. The number of halogens is 3. The molecule has 1 aromatic heterocycles. The predicted molar refractivity (Wildman–Crippen MR) is 167 cm³/mol. The average molecular weight is 597 g/mol. The number of hydrogen-bond acceptors (Lipinski definition) is 3. The molecule has 0 amide bonds. The molecule has 3 aliphatic rings. The van der Waals surface area contributed by atoms with Crippen molar-refractivity contribution < 1.29 is 4.79 Å². The topological polar surface area (TPSA) is 20.1 Å². The molecule has 6 heteroatoms. The maximum atomic E-state index is 13.7. The van der Waals surface area contributed by atoms with Crippen molar-refractivity contribution in [3.8, 4) is 0 Å². The van der Waals surface area contributed by atoms with Crippen molar-refractivity contribution in [3.05, 3.63) is 96.2 Å². The molecule has 3 aromatic rings. The lowest BCUT2D eigenvalue weighted by Gasteiger charge is -2.32. The van der Waals surface area contributed by atoms with Crippen molar-refractivity contribution >= 4 is 68.4 Å². The van der Waals surface area contributed by atoms with Gasteiger partial charge in [-0.2, -0.15) is 0 Å². The predicted octanol–water partition coefficient (Wildman–Crippen LogP) is 10.0. The molecule has 0 spiro atoms. The molecule has 2 atom stereocenters. The zero-order valence-electron chi connectivity index (χ0n) is 23.0. The molecule has 0 N–H and O–H groups in total. The highest BCUT2D eigenvalue weighted by molar-refractivity contribution is 7.19. The molecule has 39 heavy (non-hydrogen) atoms. The Hall–Kier alpha value is -2.04. The highest BCUT2D eigenvalue weighted by Gasteiger charge is 2.72. The van der Waals surface area contributed by atoms with E-state index in [9.17, 15) is 4.79 Å². The SMILES string of the molecule is CC(C)(C)C1=CC(=C(c2sc(Cl)c3ccccc23)N2C3C(Cc4ccc(Cl)cc4Cl)C32)C=C(C(C)(C)C)C1=O. The summed E-state index contributed by atoms with van der Waals surface area (Å²) < 4.78 is 0.797. The Balaban J connectivity index is 1.48. The highest BCUT2D eigenvalue weighted by Crippen LogP contribution is 2.64. The van der Waals surface area contributed by atoms with Gasteiger partial charge >= 0.3 is 0 Å². The van der Waals surface area contributed by atoms with E-state index in [1.807, 2.05) is 24.3 Å². The number of nitrogens with zero attached hydrogens (tertiary/aromatic N) is 1. The van der Waals surface area contributed by atoms with Gasteiger partial charge in [-0.1, -0.05) is 107 Å². The van der Waals surface area contributed by atoms with E-state index < -0.39 is 0 Å². The molecule has 2 nitrogen and oxygen atoms in total. The minimum absolute atomic E-state index is 0.151. The molecule has 0 radical (unpaired) electrons. The lowest BCUT2D eigenvalue weighted by Crippen LogP contribution is -2.28. The summed E-state index contributed by atoms with van der Waals surface area (Å²) in [6.45, 7) is 12.7. The van der Waals surface area contributed by atoms with Crippen LogP contribution in [0.15, 0.2) is 71.3 Å². The Kier molecular flexibility index (Phi) is 6.43. The third-order valence-electron chi connectivity index (χ3n) is 8.14. The van der Waals surface area contributed by atoms with Crippen LogP contribution < -0.4 is 0 Å². The summed E-state index contributed by atoms with van der Waals surface area (Å²) in [6, 6.07) is 15.0. The summed E-state index contributed by atoms with van der Waals surface area (Å²) in [6.07, 6.45) is 5.21. The van der Waals surface area contributed by atoms with Crippen LogP contribution in [0.3, 0.4) is 0 Å². The van der Waals surface area contributed by atoms with Gasteiger partial charge < -0.3 is 4.90 Å².